The van der Waals surface area contributed by atoms with Gasteiger partial charge < -0.3 is 15.1 Å². The van der Waals surface area contributed by atoms with E-state index in [1.54, 1.807) is 0 Å². The van der Waals surface area contributed by atoms with Crippen molar-refractivity contribution in [2.24, 2.45) is 5.92 Å². The summed E-state index contributed by atoms with van der Waals surface area (Å²) in [6.07, 6.45) is 4.08. The summed E-state index contributed by atoms with van der Waals surface area (Å²) in [4.78, 5) is 42.8. The molecule has 0 saturated carbocycles. The van der Waals surface area contributed by atoms with Gasteiger partial charge in [-0.2, -0.15) is 0 Å². The van der Waals surface area contributed by atoms with Crippen LogP contribution in [0.2, 0.25) is 0 Å². The number of carbonyl (C=O) groups excluding carboxylic acids is 3. The molecule has 148 valence electrons. The third-order valence-corrected chi connectivity index (χ3v) is 5.23. The second-order valence-corrected chi connectivity index (χ2v) is 7.34. The number of likely N-dealkylation sites (tertiary alicyclic amines) is 1. The Bertz CT molecular complexity index is 497. The number of nitrogens with zero attached hydrogens (tertiary/aromatic N) is 3. The number of amides is 3. The summed E-state index contributed by atoms with van der Waals surface area (Å²) < 4.78 is 0. The Morgan fingerprint density at radius 3 is 2.46 bits per heavy atom. The number of carbonyl (C=O) groups is 3. The molecular weight excluding hydrogens is 332 g/mol. The first kappa shape index (κ1) is 20.7. The van der Waals surface area contributed by atoms with E-state index in [4.69, 9.17) is 0 Å². The number of likely N-dealkylation sites (N-methyl/N-ethyl adjacent to an activating group) is 1. The van der Waals surface area contributed by atoms with Gasteiger partial charge in [-0.15, -0.1) is 0 Å². The van der Waals surface area contributed by atoms with E-state index in [-0.39, 0.29) is 23.6 Å². The van der Waals surface area contributed by atoms with E-state index in [2.05, 4.69) is 10.2 Å². The minimum Gasteiger partial charge on any atom is -0.355 e. The average Bonchev–Trinajstić information content (AvgIpc) is 2.87. The fraction of sp³-hybridized carbons (Fsp3) is 0.842. The van der Waals surface area contributed by atoms with Gasteiger partial charge >= 0.3 is 0 Å². The highest BCUT2D eigenvalue weighted by Crippen LogP contribution is 2.20. The van der Waals surface area contributed by atoms with Crippen molar-refractivity contribution in [3.63, 3.8) is 0 Å². The minimum atomic E-state index is -0.0699. The Morgan fingerprint density at radius 1 is 0.962 bits per heavy atom. The van der Waals surface area contributed by atoms with Crippen molar-refractivity contribution in [1.82, 2.24) is 20.0 Å². The standard InChI is InChI=1S/C19H34N4O3/c1-3-7-18(25)23-10-5-8-16(14-23)19(26)22-11-6-9-21(12-13-22)15-17(24)20-4-2/h16H,3-15H2,1-2H3,(H,20,24). The lowest BCUT2D eigenvalue weighted by Gasteiger charge is -2.35. The summed E-state index contributed by atoms with van der Waals surface area (Å²) in [5.41, 5.74) is 0. The van der Waals surface area contributed by atoms with E-state index in [0.29, 0.717) is 32.6 Å². The molecule has 2 aliphatic rings. The van der Waals surface area contributed by atoms with Crippen LogP contribution in [-0.4, -0.2) is 84.8 Å². The predicted molar refractivity (Wildman–Crippen MR) is 101 cm³/mol. The zero-order valence-corrected chi connectivity index (χ0v) is 16.3. The summed E-state index contributed by atoms with van der Waals surface area (Å²) in [6.45, 7) is 9.29. The van der Waals surface area contributed by atoms with Crippen molar-refractivity contribution >= 4 is 17.7 Å². The summed E-state index contributed by atoms with van der Waals surface area (Å²) in [6, 6.07) is 0. The Balaban J connectivity index is 1.85. The zero-order chi connectivity index (χ0) is 18.9. The number of nitrogens with one attached hydrogen (secondary N) is 1. The van der Waals surface area contributed by atoms with Gasteiger partial charge in [0.05, 0.1) is 12.5 Å². The molecule has 2 rings (SSSR count). The molecule has 2 heterocycles. The predicted octanol–water partition coefficient (Wildman–Crippen LogP) is 0.696. The molecule has 0 aliphatic carbocycles. The smallest absolute Gasteiger partial charge is 0.234 e. The highest BCUT2D eigenvalue weighted by molar-refractivity contribution is 5.81. The molecular formula is C19H34N4O3. The number of rotatable bonds is 6. The average molecular weight is 367 g/mol. The maximum Gasteiger partial charge on any atom is 0.234 e. The highest BCUT2D eigenvalue weighted by atomic mass is 16.2. The molecule has 0 aromatic heterocycles. The normalized spacial score (nSPS) is 22.0. The topological polar surface area (TPSA) is 73.0 Å². The van der Waals surface area contributed by atoms with Gasteiger partial charge in [-0.3, -0.25) is 19.3 Å². The van der Waals surface area contributed by atoms with E-state index in [0.717, 1.165) is 51.9 Å². The number of hydrogen-bond acceptors (Lipinski definition) is 4. The van der Waals surface area contributed by atoms with E-state index in [9.17, 15) is 14.4 Å². The Labute approximate surface area is 157 Å². The van der Waals surface area contributed by atoms with Gasteiger partial charge in [-0.1, -0.05) is 6.92 Å². The molecule has 1 atom stereocenters. The summed E-state index contributed by atoms with van der Waals surface area (Å²) >= 11 is 0. The van der Waals surface area contributed by atoms with Crippen LogP contribution >= 0.6 is 0 Å². The van der Waals surface area contributed by atoms with Crippen molar-refractivity contribution in [1.29, 1.82) is 0 Å². The molecule has 7 heteroatoms. The molecule has 0 bridgehead atoms. The molecule has 2 fully saturated rings. The van der Waals surface area contributed by atoms with Crippen LogP contribution in [-0.2, 0) is 14.4 Å². The van der Waals surface area contributed by atoms with Gasteiger partial charge in [0.15, 0.2) is 0 Å². The van der Waals surface area contributed by atoms with Crippen molar-refractivity contribution in [2.45, 2.75) is 46.0 Å². The van der Waals surface area contributed by atoms with Crippen LogP contribution in [0.3, 0.4) is 0 Å². The van der Waals surface area contributed by atoms with Gasteiger partial charge in [0.1, 0.15) is 0 Å². The summed E-state index contributed by atoms with van der Waals surface area (Å²) in [7, 11) is 0. The molecule has 1 N–H and O–H groups in total. The van der Waals surface area contributed by atoms with E-state index >= 15 is 0 Å². The van der Waals surface area contributed by atoms with Gasteiger partial charge in [-0.05, 0) is 32.6 Å². The first-order chi connectivity index (χ1) is 12.5. The van der Waals surface area contributed by atoms with Gasteiger partial charge in [0, 0.05) is 52.2 Å². The van der Waals surface area contributed by atoms with Crippen LogP contribution in [0.5, 0.6) is 0 Å². The van der Waals surface area contributed by atoms with Crippen LogP contribution in [0.15, 0.2) is 0 Å². The maximum atomic E-state index is 13.0. The van der Waals surface area contributed by atoms with Crippen LogP contribution in [0.4, 0.5) is 0 Å². The molecule has 7 nitrogen and oxygen atoms in total. The van der Waals surface area contributed by atoms with Crippen LogP contribution in [0, 0.1) is 5.92 Å². The van der Waals surface area contributed by atoms with Gasteiger partial charge in [0.25, 0.3) is 0 Å². The first-order valence-corrected chi connectivity index (χ1v) is 10.1. The quantitative estimate of drug-likeness (QED) is 0.751. The summed E-state index contributed by atoms with van der Waals surface area (Å²) in [5, 5.41) is 2.83. The van der Waals surface area contributed by atoms with Crippen molar-refractivity contribution in [2.75, 3.05) is 52.4 Å². The van der Waals surface area contributed by atoms with Crippen molar-refractivity contribution in [3.05, 3.63) is 0 Å². The van der Waals surface area contributed by atoms with Crippen LogP contribution in [0.25, 0.3) is 0 Å². The SMILES string of the molecule is CCCC(=O)N1CCCC(C(=O)N2CCCN(CC(=O)NCC)CC2)C1. The van der Waals surface area contributed by atoms with Crippen LogP contribution < -0.4 is 5.32 Å². The molecule has 0 aromatic carbocycles. The van der Waals surface area contributed by atoms with E-state index in [1.165, 1.54) is 0 Å². The Hall–Kier alpha value is -1.63. The van der Waals surface area contributed by atoms with Gasteiger partial charge in [0.2, 0.25) is 17.7 Å². The minimum absolute atomic E-state index is 0.0460. The Kier molecular flexibility index (Phi) is 8.35. The molecule has 2 saturated heterocycles. The van der Waals surface area contributed by atoms with Crippen molar-refractivity contribution < 1.29 is 14.4 Å². The van der Waals surface area contributed by atoms with E-state index in [1.807, 2.05) is 23.6 Å². The lowest BCUT2D eigenvalue weighted by Crippen LogP contribution is -2.47. The lowest BCUT2D eigenvalue weighted by atomic mass is 9.96. The lowest BCUT2D eigenvalue weighted by molar-refractivity contribution is -0.140. The second kappa shape index (κ2) is 10.5. The number of piperidine rings is 1. The Morgan fingerprint density at radius 2 is 1.73 bits per heavy atom. The third kappa shape index (κ3) is 5.97. The molecule has 0 spiro atoms. The molecule has 2 aliphatic heterocycles. The molecule has 0 radical (unpaired) electrons. The van der Waals surface area contributed by atoms with E-state index < -0.39 is 0 Å². The maximum absolute atomic E-state index is 13.0. The monoisotopic (exact) mass is 366 g/mol. The third-order valence-electron chi connectivity index (χ3n) is 5.23. The molecule has 3 amide bonds. The number of hydrogen-bond donors (Lipinski definition) is 1. The fourth-order valence-corrected chi connectivity index (χ4v) is 3.84. The molecule has 1 unspecified atom stereocenters. The zero-order valence-electron chi connectivity index (χ0n) is 16.3. The molecule has 0 aromatic rings. The second-order valence-electron chi connectivity index (χ2n) is 7.34. The highest BCUT2D eigenvalue weighted by Gasteiger charge is 2.31. The molecule has 26 heavy (non-hydrogen) atoms. The largest absolute Gasteiger partial charge is 0.355 e. The van der Waals surface area contributed by atoms with Crippen LogP contribution in [0.1, 0.15) is 46.0 Å². The summed E-state index contributed by atoms with van der Waals surface area (Å²) in [5.74, 6) is 0.331. The first-order valence-electron chi connectivity index (χ1n) is 10.1. The van der Waals surface area contributed by atoms with Crippen molar-refractivity contribution in [3.8, 4) is 0 Å². The fourth-order valence-electron chi connectivity index (χ4n) is 3.84. The van der Waals surface area contributed by atoms with Gasteiger partial charge in [-0.25, -0.2) is 0 Å².